The van der Waals surface area contributed by atoms with E-state index in [-0.39, 0.29) is 24.1 Å². The molecule has 0 spiro atoms. The SMILES string of the molecule is O=C1CCC(N2Cc3cc(-c4ccccn4)sc3C2=O)C(=O)N1. The van der Waals surface area contributed by atoms with Crippen LogP contribution in [0.2, 0.25) is 0 Å². The Kier molecular flexibility index (Phi) is 3.23. The second-order valence-electron chi connectivity index (χ2n) is 5.58. The molecule has 1 saturated heterocycles. The van der Waals surface area contributed by atoms with Gasteiger partial charge in [0.1, 0.15) is 6.04 Å². The van der Waals surface area contributed by atoms with E-state index in [1.807, 2.05) is 24.3 Å². The number of hydrogen-bond acceptors (Lipinski definition) is 5. The highest BCUT2D eigenvalue weighted by molar-refractivity contribution is 7.17. The first-order valence-corrected chi connectivity index (χ1v) is 8.14. The van der Waals surface area contributed by atoms with Gasteiger partial charge in [-0.1, -0.05) is 6.07 Å². The van der Waals surface area contributed by atoms with Crippen molar-refractivity contribution in [2.75, 3.05) is 0 Å². The fraction of sp³-hybridized carbons (Fsp3) is 0.250. The molecule has 4 rings (SSSR count). The number of rotatable bonds is 2. The van der Waals surface area contributed by atoms with E-state index in [4.69, 9.17) is 0 Å². The van der Waals surface area contributed by atoms with Crippen LogP contribution >= 0.6 is 11.3 Å². The normalized spacial score (nSPS) is 20.6. The molecule has 1 fully saturated rings. The van der Waals surface area contributed by atoms with Crippen molar-refractivity contribution >= 4 is 29.1 Å². The first kappa shape index (κ1) is 14.1. The molecule has 2 aliphatic rings. The molecule has 1 N–H and O–H groups in total. The van der Waals surface area contributed by atoms with Crippen molar-refractivity contribution in [2.45, 2.75) is 25.4 Å². The molecule has 1 unspecified atom stereocenters. The van der Waals surface area contributed by atoms with Crippen LogP contribution in [0.5, 0.6) is 0 Å². The third kappa shape index (κ3) is 2.33. The van der Waals surface area contributed by atoms with Gasteiger partial charge in [-0.2, -0.15) is 0 Å². The lowest BCUT2D eigenvalue weighted by Crippen LogP contribution is -2.52. The molecule has 2 aliphatic heterocycles. The highest BCUT2D eigenvalue weighted by Gasteiger charge is 2.40. The van der Waals surface area contributed by atoms with Crippen LogP contribution in [-0.4, -0.2) is 33.6 Å². The number of carbonyl (C=O) groups is 3. The minimum atomic E-state index is -0.557. The van der Waals surface area contributed by atoms with E-state index in [1.165, 1.54) is 11.3 Å². The van der Waals surface area contributed by atoms with Crippen molar-refractivity contribution < 1.29 is 14.4 Å². The summed E-state index contributed by atoms with van der Waals surface area (Å²) < 4.78 is 0. The summed E-state index contributed by atoms with van der Waals surface area (Å²) >= 11 is 1.40. The van der Waals surface area contributed by atoms with E-state index in [1.54, 1.807) is 11.1 Å². The average molecular weight is 327 g/mol. The fourth-order valence-electron chi connectivity index (χ4n) is 2.98. The smallest absolute Gasteiger partial charge is 0.265 e. The van der Waals surface area contributed by atoms with Crippen LogP contribution in [0, 0.1) is 0 Å². The van der Waals surface area contributed by atoms with Crippen LogP contribution in [0.3, 0.4) is 0 Å². The van der Waals surface area contributed by atoms with Gasteiger partial charge >= 0.3 is 0 Å². The van der Waals surface area contributed by atoms with Crippen molar-refractivity contribution in [3.8, 4) is 10.6 Å². The average Bonchev–Trinajstić information content (AvgIpc) is 3.09. The van der Waals surface area contributed by atoms with Gasteiger partial charge in [0.15, 0.2) is 0 Å². The van der Waals surface area contributed by atoms with Gasteiger partial charge in [-0.15, -0.1) is 11.3 Å². The molecule has 2 aromatic rings. The lowest BCUT2D eigenvalue weighted by molar-refractivity contribution is -0.136. The number of fused-ring (bicyclic) bond motifs is 1. The second kappa shape index (κ2) is 5.27. The zero-order chi connectivity index (χ0) is 16.0. The lowest BCUT2D eigenvalue weighted by Gasteiger charge is -2.29. The molecule has 116 valence electrons. The van der Waals surface area contributed by atoms with E-state index in [0.29, 0.717) is 17.8 Å². The van der Waals surface area contributed by atoms with Crippen LogP contribution in [-0.2, 0) is 16.1 Å². The van der Waals surface area contributed by atoms with Gasteiger partial charge in [0, 0.05) is 19.2 Å². The van der Waals surface area contributed by atoms with Crippen molar-refractivity contribution in [1.82, 2.24) is 15.2 Å². The number of imide groups is 1. The molecular formula is C16H13N3O3S. The Labute approximate surface area is 136 Å². The Bertz CT molecular complexity index is 815. The van der Waals surface area contributed by atoms with Crippen molar-refractivity contribution in [1.29, 1.82) is 0 Å². The highest BCUT2D eigenvalue weighted by Crippen LogP contribution is 2.37. The highest BCUT2D eigenvalue weighted by atomic mass is 32.1. The van der Waals surface area contributed by atoms with Crippen LogP contribution in [0.1, 0.15) is 28.1 Å². The Morgan fingerprint density at radius 3 is 2.83 bits per heavy atom. The summed E-state index contributed by atoms with van der Waals surface area (Å²) in [5.41, 5.74) is 1.76. The quantitative estimate of drug-likeness (QED) is 0.849. The van der Waals surface area contributed by atoms with Gasteiger partial charge in [0.2, 0.25) is 11.8 Å². The second-order valence-corrected chi connectivity index (χ2v) is 6.63. The number of aromatic nitrogens is 1. The maximum Gasteiger partial charge on any atom is 0.265 e. The van der Waals surface area contributed by atoms with Crippen molar-refractivity contribution in [2.24, 2.45) is 0 Å². The van der Waals surface area contributed by atoms with Gasteiger partial charge in [-0.05, 0) is 30.2 Å². The molecule has 1 atom stereocenters. The minimum Gasteiger partial charge on any atom is -0.321 e. The molecule has 0 bridgehead atoms. The Morgan fingerprint density at radius 2 is 2.13 bits per heavy atom. The molecule has 7 heteroatoms. The molecule has 3 amide bonds. The predicted octanol–water partition coefficient (Wildman–Crippen LogP) is 1.57. The number of thiophene rings is 1. The molecule has 0 saturated carbocycles. The third-order valence-corrected chi connectivity index (χ3v) is 5.30. The van der Waals surface area contributed by atoms with Crippen molar-refractivity contribution in [3.05, 3.63) is 40.9 Å². The summed E-state index contributed by atoms with van der Waals surface area (Å²) in [7, 11) is 0. The van der Waals surface area contributed by atoms with E-state index >= 15 is 0 Å². The standard InChI is InChI=1S/C16H13N3O3S/c20-13-5-4-11(15(21)18-13)19-8-9-7-12(23-14(9)16(19)22)10-3-1-2-6-17-10/h1-3,6-7,11H,4-5,8H2,(H,18,20,21). The molecule has 0 aliphatic carbocycles. The largest absolute Gasteiger partial charge is 0.321 e. The topological polar surface area (TPSA) is 79.4 Å². The number of amides is 3. The summed E-state index contributed by atoms with van der Waals surface area (Å²) in [5, 5.41) is 2.30. The number of nitrogens with zero attached hydrogens (tertiary/aromatic N) is 2. The number of nitrogens with one attached hydrogen (secondary N) is 1. The summed E-state index contributed by atoms with van der Waals surface area (Å²) in [6.45, 7) is 0.407. The number of piperidine rings is 1. The number of hydrogen-bond donors (Lipinski definition) is 1. The molecular weight excluding hydrogens is 314 g/mol. The van der Waals surface area contributed by atoms with Gasteiger partial charge in [-0.3, -0.25) is 24.7 Å². The zero-order valence-electron chi connectivity index (χ0n) is 12.1. The van der Waals surface area contributed by atoms with E-state index in [9.17, 15) is 14.4 Å². The van der Waals surface area contributed by atoms with E-state index in [2.05, 4.69) is 10.3 Å². The van der Waals surface area contributed by atoms with Gasteiger partial charge in [-0.25, -0.2) is 0 Å². The van der Waals surface area contributed by atoms with Gasteiger partial charge in [0.05, 0.1) is 15.4 Å². The predicted molar refractivity (Wildman–Crippen MR) is 83.6 cm³/mol. The molecule has 2 aromatic heterocycles. The monoisotopic (exact) mass is 327 g/mol. The summed E-state index contributed by atoms with van der Waals surface area (Å²) in [6.07, 6.45) is 2.38. The Morgan fingerprint density at radius 1 is 1.26 bits per heavy atom. The fourth-order valence-corrected chi connectivity index (χ4v) is 4.08. The summed E-state index contributed by atoms with van der Waals surface area (Å²) in [6, 6.07) is 7.07. The zero-order valence-corrected chi connectivity index (χ0v) is 12.9. The first-order valence-electron chi connectivity index (χ1n) is 7.32. The molecule has 0 aromatic carbocycles. The maximum absolute atomic E-state index is 12.6. The first-order chi connectivity index (χ1) is 11.1. The molecule has 6 nitrogen and oxygen atoms in total. The Balaban J connectivity index is 1.59. The molecule has 23 heavy (non-hydrogen) atoms. The maximum atomic E-state index is 12.6. The lowest BCUT2D eigenvalue weighted by atomic mass is 10.0. The van der Waals surface area contributed by atoms with Crippen LogP contribution in [0.15, 0.2) is 30.5 Å². The van der Waals surface area contributed by atoms with E-state index < -0.39 is 6.04 Å². The Hall–Kier alpha value is -2.54. The van der Waals surface area contributed by atoms with Gasteiger partial charge < -0.3 is 4.90 Å². The third-order valence-electron chi connectivity index (χ3n) is 4.11. The van der Waals surface area contributed by atoms with Gasteiger partial charge in [0.25, 0.3) is 5.91 Å². The summed E-state index contributed by atoms with van der Waals surface area (Å²) in [5.74, 6) is -0.790. The van der Waals surface area contributed by atoms with E-state index in [0.717, 1.165) is 16.1 Å². The van der Waals surface area contributed by atoms with Crippen molar-refractivity contribution in [3.63, 3.8) is 0 Å². The summed E-state index contributed by atoms with van der Waals surface area (Å²) in [4.78, 5) is 43.3. The molecule has 0 radical (unpaired) electrons. The number of pyridine rings is 1. The van der Waals surface area contributed by atoms with Crippen LogP contribution in [0.4, 0.5) is 0 Å². The molecule has 4 heterocycles. The number of carbonyl (C=O) groups excluding carboxylic acids is 3. The van der Waals surface area contributed by atoms with Crippen LogP contribution in [0.25, 0.3) is 10.6 Å². The van der Waals surface area contributed by atoms with Crippen LogP contribution < -0.4 is 5.32 Å². The minimum absolute atomic E-state index is 0.137.